The van der Waals surface area contributed by atoms with Gasteiger partial charge < -0.3 is 14.2 Å². The predicted octanol–water partition coefficient (Wildman–Crippen LogP) is 6.16. The Balaban J connectivity index is 2.30. The van der Waals surface area contributed by atoms with Gasteiger partial charge in [0, 0.05) is 40.5 Å². The Morgan fingerprint density at radius 3 is 2.10 bits per heavy atom. The van der Waals surface area contributed by atoms with Gasteiger partial charge >= 0.3 is 11.9 Å². The van der Waals surface area contributed by atoms with E-state index >= 15 is 0 Å². The van der Waals surface area contributed by atoms with Crippen molar-refractivity contribution in [2.45, 2.75) is 23.6 Å². The summed E-state index contributed by atoms with van der Waals surface area (Å²) >= 11 is 14.0. The van der Waals surface area contributed by atoms with E-state index in [1.54, 1.807) is 30.3 Å². The van der Waals surface area contributed by atoms with Crippen LogP contribution < -0.4 is 14.2 Å². The van der Waals surface area contributed by atoms with E-state index in [2.05, 4.69) is 0 Å². The molecule has 0 atom stereocenters. The maximum absolute atomic E-state index is 11.7. The smallest absolute Gasteiger partial charge is 0.308 e. The number of rotatable bonds is 5. The van der Waals surface area contributed by atoms with Gasteiger partial charge in [-0.1, -0.05) is 53.2 Å². The molecule has 3 aromatic carbocycles. The standard InChI is InChI=1S/C21H16Cl2O5S/c1-11(24)27-16-10-17(26-3)20(28-12(2)25)13-6-4-9-18(19(13)16)29-21-14(22)7-5-8-15(21)23/h4-10H,1-3H3. The fourth-order valence-corrected chi connectivity index (χ4v) is 4.41. The summed E-state index contributed by atoms with van der Waals surface area (Å²) in [4.78, 5) is 24.7. The number of halogens is 2. The van der Waals surface area contributed by atoms with Gasteiger partial charge in [-0.2, -0.15) is 0 Å². The van der Waals surface area contributed by atoms with Gasteiger partial charge in [0.25, 0.3) is 0 Å². The van der Waals surface area contributed by atoms with Gasteiger partial charge in [0.1, 0.15) is 5.75 Å². The van der Waals surface area contributed by atoms with Crippen LogP contribution in [0.5, 0.6) is 17.2 Å². The van der Waals surface area contributed by atoms with E-state index < -0.39 is 11.9 Å². The van der Waals surface area contributed by atoms with Crippen molar-refractivity contribution in [3.8, 4) is 17.2 Å². The van der Waals surface area contributed by atoms with Gasteiger partial charge in [0.2, 0.25) is 0 Å². The summed E-state index contributed by atoms with van der Waals surface area (Å²) in [5.41, 5.74) is 0. The number of carbonyl (C=O) groups excluding carboxylic acids is 2. The molecular formula is C21H16Cl2O5S. The van der Waals surface area contributed by atoms with Crippen molar-refractivity contribution in [3.05, 3.63) is 52.5 Å². The second-order valence-corrected chi connectivity index (χ2v) is 7.79. The number of ether oxygens (including phenoxy) is 3. The molecule has 3 rings (SSSR count). The topological polar surface area (TPSA) is 61.8 Å². The van der Waals surface area contributed by atoms with Crippen molar-refractivity contribution in [2.24, 2.45) is 0 Å². The number of esters is 2. The minimum Gasteiger partial charge on any atom is -0.493 e. The molecule has 0 spiro atoms. The van der Waals surface area contributed by atoms with Crippen LogP contribution in [0.2, 0.25) is 10.0 Å². The van der Waals surface area contributed by atoms with E-state index in [1.165, 1.54) is 38.8 Å². The van der Waals surface area contributed by atoms with Gasteiger partial charge in [0.05, 0.1) is 17.2 Å². The van der Waals surface area contributed by atoms with Crippen LogP contribution in [-0.2, 0) is 9.59 Å². The third-order valence-corrected chi connectivity index (χ3v) is 5.91. The lowest BCUT2D eigenvalue weighted by molar-refractivity contribution is -0.133. The Hall–Kier alpha value is -2.41. The van der Waals surface area contributed by atoms with Crippen molar-refractivity contribution in [3.63, 3.8) is 0 Å². The zero-order chi connectivity index (χ0) is 21.1. The number of hydrogen-bond acceptors (Lipinski definition) is 6. The molecule has 0 aliphatic heterocycles. The van der Waals surface area contributed by atoms with Crippen LogP contribution in [0.25, 0.3) is 10.8 Å². The zero-order valence-electron chi connectivity index (χ0n) is 15.7. The Morgan fingerprint density at radius 1 is 0.897 bits per heavy atom. The van der Waals surface area contributed by atoms with Gasteiger partial charge in [-0.25, -0.2) is 0 Å². The Kier molecular flexibility index (Phi) is 6.57. The lowest BCUT2D eigenvalue weighted by Gasteiger charge is -2.17. The number of hydrogen-bond donors (Lipinski definition) is 0. The second kappa shape index (κ2) is 8.95. The molecule has 0 heterocycles. The van der Waals surface area contributed by atoms with Crippen LogP contribution in [0.3, 0.4) is 0 Å². The van der Waals surface area contributed by atoms with E-state index in [1.807, 2.05) is 6.07 Å². The molecule has 0 N–H and O–H groups in total. The zero-order valence-corrected chi connectivity index (χ0v) is 18.1. The lowest BCUT2D eigenvalue weighted by atomic mass is 10.1. The van der Waals surface area contributed by atoms with Crippen molar-refractivity contribution in [1.29, 1.82) is 0 Å². The van der Waals surface area contributed by atoms with Crippen LogP contribution in [0, 0.1) is 0 Å². The lowest BCUT2D eigenvalue weighted by Crippen LogP contribution is -2.06. The van der Waals surface area contributed by atoms with Crippen LogP contribution in [0.15, 0.2) is 52.3 Å². The van der Waals surface area contributed by atoms with Crippen molar-refractivity contribution >= 4 is 57.7 Å². The van der Waals surface area contributed by atoms with E-state index in [9.17, 15) is 9.59 Å². The molecule has 3 aromatic rings. The first-order valence-electron chi connectivity index (χ1n) is 8.44. The summed E-state index contributed by atoms with van der Waals surface area (Å²) in [7, 11) is 1.44. The predicted molar refractivity (Wildman–Crippen MR) is 114 cm³/mol. The highest BCUT2D eigenvalue weighted by molar-refractivity contribution is 7.99. The van der Waals surface area contributed by atoms with Gasteiger partial charge in [-0.15, -0.1) is 0 Å². The second-order valence-electron chi connectivity index (χ2n) is 5.92. The molecule has 0 amide bonds. The summed E-state index contributed by atoms with van der Waals surface area (Å²) in [6.07, 6.45) is 0. The van der Waals surface area contributed by atoms with Crippen LogP contribution in [-0.4, -0.2) is 19.0 Å². The van der Waals surface area contributed by atoms with E-state index in [-0.39, 0.29) is 17.2 Å². The molecule has 0 saturated heterocycles. The van der Waals surface area contributed by atoms with E-state index in [4.69, 9.17) is 37.4 Å². The molecule has 0 fully saturated rings. The van der Waals surface area contributed by atoms with Crippen molar-refractivity contribution < 1.29 is 23.8 Å². The number of fused-ring (bicyclic) bond motifs is 1. The highest BCUT2D eigenvalue weighted by atomic mass is 35.5. The molecule has 0 unspecified atom stereocenters. The average Bonchev–Trinajstić information content (AvgIpc) is 2.65. The molecule has 0 aliphatic carbocycles. The number of benzene rings is 3. The molecule has 5 nitrogen and oxygen atoms in total. The van der Waals surface area contributed by atoms with E-state index in [0.717, 1.165) is 0 Å². The van der Waals surface area contributed by atoms with Gasteiger partial charge in [-0.05, 0) is 18.2 Å². The number of methoxy groups -OCH3 is 1. The third-order valence-electron chi connectivity index (χ3n) is 3.85. The Bertz CT molecular complexity index is 1090. The first-order valence-corrected chi connectivity index (χ1v) is 10.0. The summed E-state index contributed by atoms with van der Waals surface area (Å²) < 4.78 is 16.2. The molecule has 0 radical (unpaired) electrons. The SMILES string of the molecule is COc1cc(OC(C)=O)c2c(Sc3c(Cl)cccc3Cl)cccc2c1OC(C)=O. The molecule has 0 aliphatic rings. The maximum Gasteiger partial charge on any atom is 0.308 e. The van der Waals surface area contributed by atoms with Crippen LogP contribution in [0.1, 0.15) is 13.8 Å². The van der Waals surface area contributed by atoms with Crippen molar-refractivity contribution in [2.75, 3.05) is 7.11 Å². The highest BCUT2D eigenvalue weighted by Gasteiger charge is 2.21. The molecule has 0 bridgehead atoms. The molecule has 0 aromatic heterocycles. The fourth-order valence-electron chi connectivity index (χ4n) is 2.78. The molecule has 8 heteroatoms. The number of carbonyl (C=O) groups is 2. The quantitative estimate of drug-likeness (QED) is 0.342. The monoisotopic (exact) mass is 450 g/mol. The third kappa shape index (κ3) is 4.61. The van der Waals surface area contributed by atoms with E-state index in [0.29, 0.717) is 30.6 Å². The Labute approximate surface area is 181 Å². The summed E-state index contributed by atoms with van der Waals surface area (Å²) in [5, 5.41) is 2.09. The molecule has 29 heavy (non-hydrogen) atoms. The average molecular weight is 451 g/mol. The fraction of sp³-hybridized carbons (Fsp3) is 0.143. The highest BCUT2D eigenvalue weighted by Crippen LogP contribution is 2.48. The molecule has 0 saturated carbocycles. The molecular weight excluding hydrogens is 435 g/mol. The van der Waals surface area contributed by atoms with Crippen LogP contribution >= 0.6 is 35.0 Å². The largest absolute Gasteiger partial charge is 0.493 e. The van der Waals surface area contributed by atoms with Crippen molar-refractivity contribution in [1.82, 2.24) is 0 Å². The summed E-state index contributed by atoms with van der Waals surface area (Å²) in [6, 6.07) is 12.1. The first kappa shape index (κ1) is 21.3. The van der Waals surface area contributed by atoms with Gasteiger partial charge in [-0.3, -0.25) is 9.59 Å². The Morgan fingerprint density at radius 2 is 1.52 bits per heavy atom. The van der Waals surface area contributed by atoms with Crippen LogP contribution in [0.4, 0.5) is 0 Å². The molecule has 150 valence electrons. The summed E-state index contributed by atoms with van der Waals surface area (Å²) in [5.74, 6) is -0.228. The normalized spacial score (nSPS) is 10.7. The minimum atomic E-state index is -0.503. The summed E-state index contributed by atoms with van der Waals surface area (Å²) in [6.45, 7) is 2.60. The van der Waals surface area contributed by atoms with Gasteiger partial charge in [0.15, 0.2) is 11.5 Å². The first-order chi connectivity index (χ1) is 13.8. The minimum absolute atomic E-state index is 0.235. The maximum atomic E-state index is 11.7.